The second-order valence-electron chi connectivity index (χ2n) is 4.95. The Morgan fingerprint density at radius 1 is 1.29 bits per heavy atom. The summed E-state index contributed by atoms with van der Waals surface area (Å²) in [6.07, 6.45) is -4.36. The molecular weight excluding hydrogens is 301 g/mol. The largest absolute Gasteiger partial charge is 0.416 e. The summed E-state index contributed by atoms with van der Waals surface area (Å²) in [6.45, 7) is 3.76. The van der Waals surface area contributed by atoms with Crippen molar-refractivity contribution in [1.29, 1.82) is 0 Å². The molecule has 118 valence electrons. The number of benzene rings is 1. The van der Waals surface area contributed by atoms with Crippen molar-refractivity contribution in [2.75, 3.05) is 36.0 Å². The SMILES string of the molecule is CCNCc1ccc(N2CCS(=O)CC2)cc1C(F)(F)F. The van der Waals surface area contributed by atoms with Gasteiger partial charge >= 0.3 is 6.18 Å². The van der Waals surface area contributed by atoms with Gasteiger partial charge in [0.1, 0.15) is 0 Å². The monoisotopic (exact) mass is 320 g/mol. The van der Waals surface area contributed by atoms with Gasteiger partial charge in [0.05, 0.1) is 5.56 Å². The first-order valence-electron chi connectivity index (χ1n) is 6.92. The van der Waals surface area contributed by atoms with Gasteiger partial charge in [0, 0.05) is 47.6 Å². The summed E-state index contributed by atoms with van der Waals surface area (Å²) in [5.41, 5.74) is 0.223. The van der Waals surface area contributed by atoms with Gasteiger partial charge in [-0.2, -0.15) is 13.2 Å². The molecule has 0 radical (unpaired) electrons. The molecule has 3 nitrogen and oxygen atoms in total. The molecule has 2 rings (SSSR count). The molecule has 1 saturated heterocycles. The highest BCUT2D eigenvalue weighted by Gasteiger charge is 2.34. The molecule has 0 atom stereocenters. The number of rotatable bonds is 4. The van der Waals surface area contributed by atoms with Crippen LogP contribution in [0, 0.1) is 0 Å². The van der Waals surface area contributed by atoms with Gasteiger partial charge in [-0.25, -0.2) is 0 Å². The number of anilines is 1. The molecule has 1 aliphatic rings. The second-order valence-corrected chi connectivity index (χ2v) is 6.65. The van der Waals surface area contributed by atoms with Crippen LogP contribution < -0.4 is 10.2 Å². The van der Waals surface area contributed by atoms with Gasteiger partial charge in [-0.1, -0.05) is 13.0 Å². The smallest absolute Gasteiger partial charge is 0.370 e. The molecule has 1 aromatic rings. The van der Waals surface area contributed by atoms with E-state index in [4.69, 9.17) is 0 Å². The van der Waals surface area contributed by atoms with Gasteiger partial charge in [-0.15, -0.1) is 0 Å². The van der Waals surface area contributed by atoms with Crippen LogP contribution in [0.4, 0.5) is 18.9 Å². The van der Waals surface area contributed by atoms with Gasteiger partial charge in [0.25, 0.3) is 0 Å². The van der Waals surface area contributed by atoms with E-state index in [1.807, 2.05) is 11.8 Å². The molecule has 0 saturated carbocycles. The lowest BCUT2D eigenvalue weighted by atomic mass is 10.1. The summed E-state index contributed by atoms with van der Waals surface area (Å²) in [6, 6.07) is 4.46. The summed E-state index contributed by atoms with van der Waals surface area (Å²) >= 11 is 0. The Balaban J connectivity index is 2.26. The molecule has 1 aliphatic heterocycles. The zero-order chi connectivity index (χ0) is 15.5. The first kappa shape index (κ1) is 16.3. The first-order chi connectivity index (χ1) is 9.91. The maximum Gasteiger partial charge on any atom is 0.416 e. The molecule has 0 unspecified atom stereocenters. The zero-order valence-electron chi connectivity index (χ0n) is 11.9. The van der Waals surface area contributed by atoms with Crippen molar-refractivity contribution in [1.82, 2.24) is 5.32 Å². The van der Waals surface area contributed by atoms with Crippen LogP contribution in [0.5, 0.6) is 0 Å². The van der Waals surface area contributed by atoms with E-state index in [1.54, 1.807) is 6.07 Å². The highest BCUT2D eigenvalue weighted by atomic mass is 32.2. The highest BCUT2D eigenvalue weighted by molar-refractivity contribution is 7.85. The van der Waals surface area contributed by atoms with Crippen molar-refractivity contribution in [2.24, 2.45) is 0 Å². The van der Waals surface area contributed by atoms with Crippen molar-refractivity contribution in [3.63, 3.8) is 0 Å². The van der Waals surface area contributed by atoms with Gasteiger partial charge in [0.2, 0.25) is 0 Å². The van der Waals surface area contributed by atoms with Crippen LogP contribution in [-0.4, -0.2) is 35.3 Å². The molecule has 1 N–H and O–H groups in total. The van der Waals surface area contributed by atoms with E-state index in [9.17, 15) is 17.4 Å². The summed E-state index contributed by atoms with van der Waals surface area (Å²) in [7, 11) is -0.840. The third kappa shape index (κ3) is 4.20. The summed E-state index contributed by atoms with van der Waals surface area (Å²) in [5.74, 6) is 1.03. The molecule has 7 heteroatoms. The fourth-order valence-corrected chi connectivity index (χ4v) is 3.39. The Labute approximate surface area is 125 Å². The maximum absolute atomic E-state index is 13.2. The molecule has 0 aromatic heterocycles. The molecule has 1 fully saturated rings. The van der Waals surface area contributed by atoms with Gasteiger partial charge in [0.15, 0.2) is 0 Å². The molecule has 21 heavy (non-hydrogen) atoms. The van der Waals surface area contributed by atoms with Crippen molar-refractivity contribution >= 4 is 16.5 Å². The van der Waals surface area contributed by atoms with E-state index >= 15 is 0 Å². The summed E-state index contributed by atoms with van der Waals surface area (Å²) < 4.78 is 50.9. The molecule has 1 aromatic carbocycles. The molecule has 0 bridgehead atoms. The number of halogens is 3. The van der Waals surface area contributed by atoms with E-state index in [0.717, 1.165) is 0 Å². The Bertz CT molecular complexity index is 509. The van der Waals surface area contributed by atoms with E-state index in [-0.39, 0.29) is 12.1 Å². The fraction of sp³-hybridized carbons (Fsp3) is 0.571. The lowest BCUT2D eigenvalue weighted by Gasteiger charge is -2.29. The predicted octanol–water partition coefficient (Wildman–Crippen LogP) is 2.38. The van der Waals surface area contributed by atoms with Crippen LogP contribution in [0.3, 0.4) is 0 Å². The van der Waals surface area contributed by atoms with Crippen molar-refractivity contribution in [3.8, 4) is 0 Å². The van der Waals surface area contributed by atoms with Crippen LogP contribution in [0.1, 0.15) is 18.1 Å². The average Bonchev–Trinajstić information content (AvgIpc) is 2.45. The van der Waals surface area contributed by atoms with E-state index < -0.39 is 22.5 Å². The van der Waals surface area contributed by atoms with E-state index in [1.165, 1.54) is 12.1 Å². The molecule has 1 heterocycles. The Morgan fingerprint density at radius 3 is 2.52 bits per heavy atom. The lowest BCUT2D eigenvalue weighted by molar-refractivity contribution is -0.138. The van der Waals surface area contributed by atoms with Crippen LogP contribution in [0.15, 0.2) is 18.2 Å². The van der Waals surface area contributed by atoms with Crippen LogP contribution in [-0.2, 0) is 23.5 Å². The lowest BCUT2D eigenvalue weighted by Crippen LogP contribution is -2.37. The van der Waals surface area contributed by atoms with Crippen LogP contribution in [0.25, 0.3) is 0 Å². The van der Waals surface area contributed by atoms with Crippen molar-refractivity contribution in [3.05, 3.63) is 29.3 Å². The third-order valence-electron chi connectivity index (χ3n) is 3.51. The normalized spacial score (nSPS) is 17.2. The van der Waals surface area contributed by atoms with Crippen LogP contribution in [0.2, 0.25) is 0 Å². The standard InChI is InChI=1S/C14H19F3N2OS/c1-2-18-10-11-3-4-12(9-13(11)14(15,16)17)19-5-7-21(20)8-6-19/h3-4,9,18H,2,5-8,10H2,1H3. The Morgan fingerprint density at radius 2 is 1.95 bits per heavy atom. The number of hydrogen-bond donors (Lipinski definition) is 1. The quantitative estimate of drug-likeness (QED) is 0.924. The Kier molecular flexibility index (Phi) is 5.27. The van der Waals surface area contributed by atoms with Gasteiger partial charge < -0.3 is 10.2 Å². The predicted molar refractivity (Wildman–Crippen MR) is 78.9 cm³/mol. The summed E-state index contributed by atoms with van der Waals surface area (Å²) in [5, 5.41) is 2.93. The van der Waals surface area contributed by atoms with Crippen molar-refractivity contribution in [2.45, 2.75) is 19.6 Å². The number of nitrogens with zero attached hydrogens (tertiary/aromatic N) is 1. The van der Waals surface area contributed by atoms with Crippen LogP contribution >= 0.6 is 0 Å². The Hall–Kier alpha value is -1.08. The minimum Gasteiger partial charge on any atom is -0.370 e. The minimum atomic E-state index is -4.36. The van der Waals surface area contributed by atoms with Crippen molar-refractivity contribution < 1.29 is 17.4 Å². The van der Waals surface area contributed by atoms with E-state index in [0.29, 0.717) is 36.8 Å². The molecule has 0 spiro atoms. The van der Waals surface area contributed by atoms with E-state index in [2.05, 4.69) is 5.32 Å². The number of alkyl halides is 3. The topological polar surface area (TPSA) is 32.3 Å². The number of hydrogen-bond acceptors (Lipinski definition) is 3. The minimum absolute atomic E-state index is 0.204. The first-order valence-corrected chi connectivity index (χ1v) is 8.41. The average molecular weight is 320 g/mol. The molecular formula is C14H19F3N2OS. The summed E-state index contributed by atoms with van der Waals surface area (Å²) in [4.78, 5) is 1.87. The molecule has 0 aliphatic carbocycles. The molecule has 0 amide bonds. The third-order valence-corrected chi connectivity index (χ3v) is 4.78. The van der Waals surface area contributed by atoms with Gasteiger partial charge in [-0.05, 0) is 24.2 Å². The fourth-order valence-electron chi connectivity index (χ4n) is 2.33. The second kappa shape index (κ2) is 6.79. The van der Waals surface area contributed by atoms with Gasteiger partial charge in [-0.3, -0.25) is 4.21 Å². The maximum atomic E-state index is 13.2. The number of nitrogens with one attached hydrogen (secondary N) is 1. The zero-order valence-corrected chi connectivity index (χ0v) is 12.7. The highest BCUT2D eigenvalue weighted by Crippen LogP contribution is 2.35.